The summed E-state index contributed by atoms with van der Waals surface area (Å²) >= 11 is 1.22. The minimum Gasteiger partial charge on any atom is -0.497 e. The summed E-state index contributed by atoms with van der Waals surface area (Å²) in [6.45, 7) is 0. The molecule has 2 atom stereocenters. The molecule has 1 heterocycles. The highest BCUT2D eigenvalue weighted by Gasteiger charge is 2.27. The summed E-state index contributed by atoms with van der Waals surface area (Å²) in [7, 11) is 1.60. The highest BCUT2D eigenvalue weighted by atomic mass is 32.2. The maximum absolute atomic E-state index is 13.1. The molecule has 0 aromatic heterocycles. The van der Waals surface area contributed by atoms with Crippen LogP contribution < -0.4 is 26.2 Å². The molecule has 28 heavy (non-hydrogen) atoms. The number of amides is 2. The molecule has 0 radical (unpaired) electrons. The number of benzene rings is 2. The van der Waals surface area contributed by atoms with Crippen LogP contribution in [0.25, 0.3) is 0 Å². The van der Waals surface area contributed by atoms with Crippen LogP contribution in [0.3, 0.4) is 0 Å². The van der Waals surface area contributed by atoms with Gasteiger partial charge in [-0.05, 0) is 42.3 Å². The zero-order valence-corrected chi connectivity index (χ0v) is 16.0. The van der Waals surface area contributed by atoms with Crippen LogP contribution in [0, 0.1) is 5.82 Å². The summed E-state index contributed by atoms with van der Waals surface area (Å²) < 4.78 is 18.3. The topological polar surface area (TPSA) is 91.5 Å². The summed E-state index contributed by atoms with van der Waals surface area (Å²) in [6.07, 6.45) is 0.514. The van der Waals surface area contributed by atoms with E-state index in [2.05, 4.69) is 21.5 Å². The lowest BCUT2D eigenvalue weighted by molar-refractivity contribution is -0.125. The Morgan fingerprint density at radius 1 is 1.21 bits per heavy atom. The van der Waals surface area contributed by atoms with E-state index in [0.29, 0.717) is 12.1 Å². The van der Waals surface area contributed by atoms with Crippen molar-refractivity contribution in [2.24, 2.45) is 0 Å². The van der Waals surface area contributed by atoms with Gasteiger partial charge in [-0.1, -0.05) is 18.2 Å². The first-order valence-corrected chi connectivity index (χ1v) is 9.70. The van der Waals surface area contributed by atoms with Gasteiger partial charge in [0.2, 0.25) is 11.8 Å². The average molecular weight is 404 g/mol. The second-order valence-electron chi connectivity index (χ2n) is 6.15. The summed E-state index contributed by atoms with van der Waals surface area (Å²) in [6, 6.07) is 12.8. The molecular formula is C19H21FN4O3S. The molecule has 2 unspecified atom stereocenters. The van der Waals surface area contributed by atoms with E-state index in [-0.39, 0.29) is 17.6 Å². The smallest absolute Gasteiger partial charge is 0.240 e. The standard InChI is InChI=1S/C19H21FN4O3S/c1-27-15-7-5-12(6-8-15)9-16-18(26)22-19(24-23-16)28-11-17(25)21-14-4-2-3-13(20)10-14/h2-8,10,16,19,23-24H,9,11H2,1H3,(H,21,25)(H,22,26). The fourth-order valence-corrected chi connectivity index (χ4v) is 3.40. The fourth-order valence-electron chi connectivity index (χ4n) is 2.65. The van der Waals surface area contributed by atoms with Gasteiger partial charge in [0, 0.05) is 5.69 Å². The van der Waals surface area contributed by atoms with Gasteiger partial charge >= 0.3 is 0 Å². The van der Waals surface area contributed by atoms with Crippen LogP contribution in [0.1, 0.15) is 5.56 Å². The number of hydrogen-bond donors (Lipinski definition) is 4. The normalized spacial score (nSPS) is 19.0. The van der Waals surface area contributed by atoms with E-state index in [0.717, 1.165) is 11.3 Å². The van der Waals surface area contributed by atoms with E-state index in [1.54, 1.807) is 13.2 Å². The molecule has 148 valence electrons. The minimum absolute atomic E-state index is 0.0965. The van der Waals surface area contributed by atoms with Crippen molar-refractivity contribution in [2.45, 2.75) is 18.0 Å². The molecule has 0 bridgehead atoms. The third-order valence-corrected chi connectivity index (χ3v) is 5.06. The fraction of sp³-hybridized carbons (Fsp3) is 0.263. The first-order valence-electron chi connectivity index (χ1n) is 8.65. The van der Waals surface area contributed by atoms with Gasteiger partial charge in [-0.3, -0.25) is 9.59 Å². The zero-order chi connectivity index (χ0) is 19.9. The minimum atomic E-state index is -0.446. The van der Waals surface area contributed by atoms with E-state index < -0.39 is 17.4 Å². The highest BCUT2D eigenvalue weighted by molar-refractivity contribution is 8.00. The van der Waals surface area contributed by atoms with Crippen molar-refractivity contribution < 1.29 is 18.7 Å². The van der Waals surface area contributed by atoms with Crippen molar-refractivity contribution in [3.63, 3.8) is 0 Å². The molecule has 1 aliphatic heterocycles. The Kier molecular flexibility index (Phi) is 6.85. The Hall–Kier alpha value is -2.62. The van der Waals surface area contributed by atoms with Gasteiger partial charge in [0.25, 0.3) is 0 Å². The summed E-state index contributed by atoms with van der Waals surface area (Å²) in [5, 5.41) is 5.44. The van der Waals surface area contributed by atoms with Crippen molar-refractivity contribution in [3.8, 4) is 5.75 Å². The Bertz CT molecular complexity index is 834. The SMILES string of the molecule is COc1ccc(CC2NNC(SCC(=O)Nc3cccc(F)c3)NC2=O)cc1. The average Bonchev–Trinajstić information content (AvgIpc) is 2.69. The monoisotopic (exact) mass is 404 g/mol. The molecular weight excluding hydrogens is 383 g/mol. The molecule has 0 spiro atoms. The van der Waals surface area contributed by atoms with Crippen LogP contribution in [0.15, 0.2) is 48.5 Å². The van der Waals surface area contributed by atoms with Crippen LogP contribution in [-0.2, 0) is 16.0 Å². The second-order valence-corrected chi connectivity index (χ2v) is 7.25. The number of nitrogens with one attached hydrogen (secondary N) is 4. The second kappa shape index (κ2) is 9.54. The first kappa shape index (κ1) is 20.1. The van der Waals surface area contributed by atoms with Gasteiger partial charge in [-0.2, -0.15) is 0 Å². The predicted molar refractivity (Wildman–Crippen MR) is 106 cm³/mol. The highest BCUT2D eigenvalue weighted by Crippen LogP contribution is 2.15. The molecule has 1 saturated heterocycles. The van der Waals surface area contributed by atoms with Crippen LogP contribution in [0.5, 0.6) is 5.75 Å². The van der Waals surface area contributed by atoms with Gasteiger partial charge in [0.1, 0.15) is 23.1 Å². The third kappa shape index (κ3) is 5.69. The molecule has 9 heteroatoms. The molecule has 7 nitrogen and oxygen atoms in total. The number of anilines is 1. The van der Waals surface area contributed by atoms with E-state index in [1.807, 2.05) is 24.3 Å². The van der Waals surface area contributed by atoms with Crippen molar-refractivity contribution >= 4 is 29.3 Å². The first-order chi connectivity index (χ1) is 13.5. The lowest BCUT2D eigenvalue weighted by Gasteiger charge is -2.31. The summed E-state index contributed by atoms with van der Waals surface area (Å²) in [5.41, 5.74) is 6.91. The largest absolute Gasteiger partial charge is 0.497 e. The molecule has 2 aromatic rings. The zero-order valence-electron chi connectivity index (χ0n) is 15.2. The Balaban J connectivity index is 1.43. The van der Waals surface area contributed by atoms with Crippen LogP contribution in [0.4, 0.5) is 10.1 Å². The number of rotatable bonds is 7. The number of carbonyl (C=O) groups is 2. The molecule has 0 saturated carbocycles. The maximum atomic E-state index is 13.1. The molecule has 3 rings (SSSR count). The Morgan fingerprint density at radius 2 is 2.00 bits per heavy atom. The van der Waals surface area contributed by atoms with Gasteiger partial charge in [-0.25, -0.2) is 15.2 Å². The molecule has 4 N–H and O–H groups in total. The summed E-state index contributed by atoms with van der Waals surface area (Å²) in [4.78, 5) is 24.3. The van der Waals surface area contributed by atoms with E-state index in [9.17, 15) is 14.0 Å². The van der Waals surface area contributed by atoms with Crippen molar-refractivity contribution in [1.82, 2.24) is 16.2 Å². The third-order valence-electron chi connectivity index (χ3n) is 4.07. The number of halogens is 1. The van der Waals surface area contributed by atoms with Crippen LogP contribution in [-0.4, -0.2) is 36.2 Å². The molecule has 2 aromatic carbocycles. The molecule has 1 aliphatic rings. The number of methoxy groups -OCH3 is 1. The number of hydrazine groups is 1. The van der Waals surface area contributed by atoms with Crippen LogP contribution in [0.2, 0.25) is 0 Å². The Labute approximate surface area is 166 Å². The van der Waals surface area contributed by atoms with Gasteiger partial charge in [-0.15, -0.1) is 11.8 Å². The number of thioether (sulfide) groups is 1. The molecule has 2 amide bonds. The van der Waals surface area contributed by atoms with E-state index in [1.165, 1.54) is 30.0 Å². The van der Waals surface area contributed by atoms with E-state index in [4.69, 9.17) is 4.74 Å². The molecule has 0 aliphatic carbocycles. The quantitative estimate of drug-likeness (QED) is 0.561. The van der Waals surface area contributed by atoms with E-state index >= 15 is 0 Å². The number of ether oxygens (including phenoxy) is 1. The predicted octanol–water partition coefficient (Wildman–Crippen LogP) is 1.62. The number of carbonyl (C=O) groups excluding carboxylic acids is 2. The lowest BCUT2D eigenvalue weighted by Crippen LogP contribution is -2.64. The van der Waals surface area contributed by atoms with Gasteiger partial charge in [0.05, 0.1) is 12.9 Å². The summed E-state index contributed by atoms with van der Waals surface area (Å²) in [5.74, 6) is -0.00137. The maximum Gasteiger partial charge on any atom is 0.240 e. The lowest BCUT2D eigenvalue weighted by atomic mass is 10.1. The van der Waals surface area contributed by atoms with Gasteiger partial charge < -0.3 is 15.4 Å². The van der Waals surface area contributed by atoms with Crippen molar-refractivity contribution in [2.75, 3.05) is 18.2 Å². The van der Waals surface area contributed by atoms with Crippen LogP contribution >= 0.6 is 11.8 Å². The van der Waals surface area contributed by atoms with Crippen molar-refractivity contribution in [3.05, 3.63) is 59.9 Å². The van der Waals surface area contributed by atoms with Crippen molar-refractivity contribution in [1.29, 1.82) is 0 Å². The van der Waals surface area contributed by atoms with Gasteiger partial charge in [0.15, 0.2) is 0 Å². The number of hydrogen-bond acceptors (Lipinski definition) is 6. The Morgan fingerprint density at radius 3 is 2.68 bits per heavy atom. The molecule has 1 fully saturated rings.